The fraction of sp³-hybridized carbons (Fsp3) is 0.300. The molecular formula is C30H31N7O. The van der Waals surface area contributed by atoms with Crippen molar-refractivity contribution in [2.24, 2.45) is 0 Å². The molecule has 0 atom stereocenters. The van der Waals surface area contributed by atoms with Crippen molar-refractivity contribution in [2.45, 2.75) is 19.4 Å². The number of nitrogens with one attached hydrogen (secondary N) is 2. The molecule has 0 spiro atoms. The third-order valence-electron chi connectivity index (χ3n) is 7.84. The number of hydrogen-bond donors (Lipinski definition) is 2. The number of H-pyrrole nitrogens is 1. The van der Waals surface area contributed by atoms with Crippen LogP contribution in [0.15, 0.2) is 71.9 Å². The van der Waals surface area contributed by atoms with Crippen LogP contribution in [0.25, 0.3) is 38.8 Å². The maximum atomic E-state index is 12.7. The summed E-state index contributed by atoms with van der Waals surface area (Å²) in [5.41, 5.74) is 7.74. The zero-order valence-electron chi connectivity index (χ0n) is 21.4. The summed E-state index contributed by atoms with van der Waals surface area (Å²) in [7, 11) is 0. The molecular weight excluding hydrogens is 474 g/mol. The highest BCUT2D eigenvalue weighted by atomic mass is 16.1. The largest absolute Gasteiger partial charge is 0.369 e. The van der Waals surface area contributed by atoms with Gasteiger partial charge in [0, 0.05) is 84.5 Å². The molecule has 0 aliphatic carbocycles. The van der Waals surface area contributed by atoms with Crippen LogP contribution in [0, 0.1) is 0 Å². The molecule has 0 radical (unpaired) electrons. The normalized spacial score (nSPS) is 16.6. The van der Waals surface area contributed by atoms with Gasteiger partial charge < -0.3 is 15.2 Å². The summed E-state index contributed by atoms with van der Waals surface area (Å²) in [6.07, 6.45) is 8.24. The Morgan fingerprint density at radius 2 is 1.66 bits per heavy atom. The lowest BCUT2D eigenvalue weighted by Gasteiger charge is -2.29. The van der Waals surface area contributed by atoms with Gasteiger partial charge in [-0.15, -0.1) is 0 Å². The first-order chi connectivity index (χ1) is 18.7. The first-order valence-corrected chi connectivity index (χ1v) is 13.5. The van der Waals surface area contributed by atoms with Crippen molar-refractivity contribution < 1.29 is 0 Å². The number of rotatable bonds is 5. The minimum Gasteiger partial charge on any atom is -0.369 e. The van der Waals surface area contributed by atoms with E-state index in [-0.39, 0.29) is 5.56 Å². The van der Waals surface area contributed by atoms with Crippen LogP contribution in [0.4, 0.5) is 5.69 Å². The number of aromatic nitrogens is 4. The van der Waals surface area contributed by atoms with Gasteiger partial charge in [-0.2, -0.15) is 5.10 Å². The number of piperazine rings is 1. The minimum absolute atomic E-state index is 0.119. The second-order valence-electron chi connectivity index (χ2n) is 10.4. The maximum absolute atomic E-state index is 12.7. The summed E-state index contributed by atoms with van der Waals surface area (Å²) in [6, 6.07) is 16.7. The highest BCUT2D eigenvalue weighted by molar-refractivity contribution is 5.97. The Hall–Kier alpha value is -4.01. The van der Waals surface area contributed by atoms with E-state index in [0.717, 1.165) is 84.6 Å². The zero-order chi connectivity index (χ0) is 25.5. The fourth-order valence-electron chi connectivity index (χ4n) is 5.83. The van der Waals surface area contributed by atoms with Crippen molar-refractivity contribution >= 4 is 22.2 Å². The standard InChI is InChI=1S/C30H31N7O/c38-29-16-26(25-8-3-21(15-28(25)34-29)19-35-11-1-2-12-35)27-18-33-37-20-23(17-32-30(27)37)22-4-6-24(7-5-22)36-13-9-31-10-14-36/h3-8,15-18,20,31H,1-2,9-14,19H2,(H,34,38). The van der Waals surface area contributed by atoms with Crippen LogP contribution in [0.1, 0.15) is 18.4 Å². The molecule has 7 rings (SSSR count). The SMILES string of the molecule is O=c1cc(-c2cnn3cc(-c4ccc(N5CCNCC5)cc4)cnc23)c2ccc(CN3CCCC3)cc2[nH]1. The number of hydrogen-bond acceptors (Lipinski definition) is 6. The van der Waals surface area contributed by atoms with E-state index < -0.39 is 0 Å². The van der Waals surface area contributed by atoms with E-state index in [1.807, 2.05) is 23.1 Å². The van der Waals surface area contributed by atoms with Crippen LogP contribution in [0.5, 0.6) is 0 Å². The number of pyridine rings is 1. The van der Waals surface area contributed by atoms with Gasteiger partial charge in [-0.3, -0.25) is 9.69 Å². The van der Waals surface area contributed by atoms with Gasteiger partial charge in [-0.05, 0) is 55.3 Å². The maximum Gasteiger partial charge on any atom is 0.249 e. The van der Waals surface area contributed by atoms with Crippen molar-refractivity contribution in [3.63, 3.8) is 0 Å². The van der Waals surface area contributed by atoms with Gasteiger partial charge in [0.15, 0.2) is 5.65 Å². The Morgan fingerprint density at radius 1 is 0.842 bits per heavy atom. The summed E-state index contributed by atoms with van der Waals surface area (Å²) < 4.78 is 1.81. The minimum atomic E-state index is -0.119. The molecule has 2 saturated heterocycles. The molecule has 2 aliphatic rings. The summed E-state index contributed by atoms with van der Waals surface area (Å²) >= 11 is 0. The fourth-order valence-corrected chi connectivity index (χ4v) is 5.83. The summed E-state index contributed by atoms with van der Waals surface area (Å²) in [5, 5.41) is 9.01. The van der Waals surface area contributed by atoms with Crippen LogP contribution >= 0.6 is 0 Å². The predicted octanol–water partition coefficient (Wildman–Crippen LogP) is 3.91. The molecule has 192 valence electrons. The Bertz CT molecular complexity index is 1660. The number of anilines is 1. The van der Waals surface area contributed by atoms with Crippen molar-refractivity contribution in [2.75, 3.05) is 44.2 Å². The molecule has 0 saturated carbocycles. The number of likely N-dealkylation sites (tertiary alicyclic amines) is 1. The summed E-state index contributed by atoms with van der Waals surface area (Å²) in [6.45, 7) is 7.30. The Balaban J connectivity index is 1.21. The van der Waals surface area contributed by atoms with Gasteiger partial charge in [0.1, 0.15) is 0 Å². The summed E-state index contributed by atoms with van der Waals surface area (Å²) in [4.78, 5) is 25.4. The highest BCUT2D eigenvalue weighted by Crippen LogP contribution is 2.31. The van der Waals surface area contributed by atoms with Crippen LogP contribution in [0.3, 0.4) is 0 Å². The van der Waals surface area contributed by atoms with E-state index in [2.05, 4.69) is 67.7 Å². The van der Waals surface area contributed by atoms with Crippen molar-refractivity contribution in [3.05, 3.63) is 83.0 Å². The molecule has 5 heterocycles. The molecule has 8 nitrogen and oxygen atoms in total. The van der Waals surface area contributed by atoms with Gasteiger partial charge in [0.05, 0.1) is 6.20 Å². The molecule has 0 amide bonds. The van der Waals surface area contributed by atoms with Gasteiger partial charge in [-0.25, -0.2) is 9.50 Å². The van der Waals surface area contributed by atoms with E-state index in [9.17, 15) is 4.79 Å². The molecule has 0 unspecified atom stereocenters. The van der Waals surface area contributed by atoms with Crippen LogP contribution in [-0.4, -0.2) is 63.8 Å². The Kier molecular flexibility index (Phi) is 5.91. The van der Waals surface area contributed by atoms with E-state index in [1.165, 1.54) is 24.1 Å². The van der Waals surface area contributed by atoms with Crippen LogP contribution < -0.4 is 15.8 Å². The Morgan fingerprint density at radius 3 is 2.47 bits per heavy atom. The van der Waals surface area contributed by atoms with Crippen LogP contribution in [0.2, 0.25) is 0 Å². The van der Waals surface area contributed by atoms with E-state index >= 15 is 0 Å². The number of nitrogens with zero attached hydrogens (tertiary/aromatic N) is 5. The topological polar surface area (TPSA) is 81.6 Å². The lowest BCUT2D eigenvalue weighted by Crippen LogP contribution is -2.43. The second kappa shape index (κ2) is 9.70. The van der Waals surface area contributed by atoms with E-state index in [1.54, 1.807) is 6.07 Å². The second-order valence-corrected chi connectivity index (χ2v) is 10.4. The van der Waals surface area contributed by atoms with Crippen molar-refractivity contribution in [1.82, 2.24) is 29.8 Å². The van der Waals surface area contributed by atoms with Crippen molar-refractivity contribution in [3.8, 4) is 22.3 Å². The van der Waals surface area contributed by atoms with E-state index in [4.69, 9.17) is 4.98 Å². The molecule has 2 fully saturated rings. The lowest BCUT2D eigenvalue weighted by atomic mass is 10.0. The number of fused-ring (bicyclic) bond motifs is 2. The quantitative estimate of drug-likeness (QED) is 0.377. The number of aromatic amines is 1. The van der Waals surface area contributed by atoms with Crippen molar-refractivity contribution in [1.29, 1.82) is 0 Å². The third kappa shape index (κ3) is 4.36. The van der Waals surface area contributed by atoms with Gasteiger partial charge in [-0.1, -0.05) is 24.3 Å². The predicted molar refractivity (Wildman–Crippen MR) is 152 cm³/mol. The van der Waals surface area contributed by atoms with Crippen LogP contribution in [-0.2, 0) is 6.54 Å². The zero-order valence-corrected chi connectivity index (χ0v) is 21.4. The van der Waals surface area contributed by atoms with Gasteiger partial charge in [0.2, 0.25) is 5.56 Å². The van der Waals surface area contributed by atoms with Gasteiger partial charge in [0.25, 0.3) is 0 Å². The van der Waals surface area contributed by atoms with Gasteiger partial charge >= 0.3 is 0 Å². The smallest absolute Gasteiger partial charge is 0.249 e. The lowest BCUT2D eigenvalue weighted by molar-refractivity contribution is 0.331. The summed E-state index contributed by atoms with van der Waals surface area (Å²) in [5.74, 6) is 0. The molecule has 2 N–H and O–H groups in total. The monoisotopic (exact) mass is 505 g/mol. The molecule has 3 aromatic heterocycles. The number of benzene rings is 2. The molecule has 2 aromatic carbocycles. The molecule has 5 aromatic rings. The first kappa shape index (κ1) is 23.1. The Labute approximate surface area is 220 Å². The molecule has 2 aliphatic heterocycles. The average molecular weight is 506 g/mol. The first-order valence-electron chi connectivity index (χ1n) is 13.5. The third-order valence-corrected chi connectivity index (χ3v) is 7.84. The molecule has 8 heteroatoms. The van der Waals surface area contributed by atoms with E-state index in [0.29, 0.717) is 0 Å². The highest BCUT2D eigenvalue weighted by Gasteiger charge is 2.16. The molecule has 38 heavy (non-hydrogen) atoms. The average Bonchev–Trinajstić information content (AvgIpc) is 3.63. The molecule has 0 bridgehead atoms.